The van der Waals surface area contributed by atoms with Gasteiger partial charge in [-0.2, -0.15) is 0 Å². The largest absolute Gasteiger partial charge is 0.388 e. The molecular formula is C15H15NO3. The predicted octanol–water partition coefficient (Wildman–Crippen LogP) is 1.11. The first-order valence-electron chi connectivity index (χ1n) is 6.42. The van der Waals surface area contributed by atoms with Gasteiger partial charge in [0, 0.05) is 0 Å². The number of carbonyl (C=O) groups is 2. The second kappa shape index (κ2) is 4.63. The molecule has 0 radical (unpaired) electrons. The Bertz CT molecular complexity index is 538. The molecule has 2 aliphatic rings. The third kappa shape index (κ3) is 1.98. The van der Waals surface area contributed by atoms with Gasteiger partial charge in [-0.3, -0.25) is 14.5 Å². The van der Waals surface area contributed by atoms with E-state index in [2.05, 4.69) is 0 Å². The third-order valence-corrected chi connectivity index (χ3v) is 3.84. The highest BCUT2D eigenvalue weighted by atomic mass is 16.3. The minimum atomic E-state index is -0.837. The highest BCUT2D eigenvalue weighted by Gasteiger charge is 2.50. The summed E-state index contributed by atoms with van der Waals surface area (Å²) in [6, 6.07) is 9.42. The van der Waals surface area contributed by atoms with Gasteiger partial charge in [0.25, 0.3) is 0 Å². The molecule has 1 aromatic carbocycles. The Kier molecular flexibility index (Phi) is 2.95. The summed E-state index contributed by atoms with van der Waals surface area (Å²) in [5.74, 6) is -1.41. The number of benzene rings is 1. The zero-order valence-corrected chi connectivity index (χ0v) is 10.4. The van der Waals surface area contributed by atoms with Crippen molar-refractivity contribution >= 4 is 11.8 Å². The molecule has 4 heteroatoms. The van der Waals surface area contributed by atoms with Crippen LogP contribution in [0.4, 0.5) is 0 Å². The molecule has 2 amide bonds. The van der Waals surface area contributed by atoms with Crippen molar-refractivity contribution in [2.24, 2.45) is 11.8 Å². The van der Waals surface area contributed by atoms with Crippen molar-refractivity contribution in [3.8, 4) is 0 Å². The van der Waals surface area contributed by atoms with Crippen LogP contribution in [-0.2, 0) is 16.1 Å². The Morgan fingerprint density at radius 1 is 1.16 bits per heavy atom. The standard InChI is InChI=1S/C15H15NO3/c17-12-8-4-7-11-13(12)15(19)16(14(11)18)9-10-5-2-1-3-6-10/h1-6,8,11-13,17H,7,9H2/t11-,12+,13-/m1/s1. The SMILES string of the molecule is O=C1[C@H]2[C@@H](O)C=CC[C@H]2C(=O)N1Cc1ccccc1. The molecule has 1 aliphatic heterocycles. The molecule has 3 rings (SSSR count). The molecule has 0 spiro atoms. The highest BCUT2D eigenvalue weighted by Crippen LogP contribution is 2.35. The Morgan fingerprint density at radius 3 is 2.58 bits per heavy atom. The van der Waals surface area contributed by atoms with Crippen LogP contribution in [0, 0.1) is 11.8 Å². The molecule has 19 heavy (non-hydrogen) atoms. The molecule has 0 bridgehead atoms. The summed E-state index contributed by atoms with van der Waals surface area (Å²) in [6.45, 7) is 0.290. The first-order valence-corrected chi connectivity index (χ1v) is 6.42. The zero-order chi connectivity index (χ0) is 13.4. The van der Waals surface area contributed by atoms with E-state index in [1.54, 1.807) is 12.2 Å². The number of amides is 2. The number of hydrogen-bond acceptors (Lipinski definition) is 3. The lowest BCUT2D eigenvalue weighted by Gasteiger charge is -2.21. The summed E-state index contributed by atoms with van der Waals surface area (Å²) < 4.78 is 0. The number of allylic oxidation sites excluding steroid dienone is 1. The van der Waals surface area contributed by atoms with Crippen LogP contribution in [0.2, 0.25) is 0 Å². The minimum absolute atomic E-state index is 0.165. The summed E-state index contributed by atoms with van der Waals surface area (Å²) in [6.07, 6.45) is 3.09. The lowest BCUT2D eigenvalue weighted by Crippen LogP contribution is -2.33. The lowest BCUT2D eigenvalue weighted by atomic mass is 9.83. The van der Waals surface area contributed by atoms with E-state index in [0.717, 1.165) is 5.56 Å². The quantitative estimate of drug-likeness (QED) is 0.638. The van der Waals surface area contributed by atoms with Crippen molar-refractivity contribution in [1.82, 2.24) is 4.90 Å². The molecule has 1 heterocycles. The van der Waals surface area contributed by atoms with Gasteiger partial charge >= 0.3 is 0 Å². The van der Waals surface area contributed by atoms with Gasteiger partial charge in [-0.1, -0.05) is 42.5 Å². The smallest absolute Gasteiger partial charge is 0.236 e. The van der Waals surface area contributed by atoms with E-state index in [4.69, 9.17) is 0 Å². The van der Waals surface area contributed by atoms with Crippen LogP contribution in [0.15, 0.2) is 42.5 Å². The molecule has 1 aromatic rings. The summed E-state index contributed by atoms with van der Waals surface area (Å²) in [7, 11) is 0. The summed E-state index contributed by atoms with van der Waals surface area (Å²) in [4.78, 5) is 25.8. The molecule has 3 atom stereocenters. The molecule has 4 nitrogen and oxygen atoms in total. The molecule has 0 aromatic heterocycles. The van der Waals surface area contributed by atoms with Crippen LogP contribution < -0.4 is 0 Å². The Balaban J connectivity index is 1.85. The number of likely N-dealkylation sites (tertiary alicyclic amines) is 1. The second-order valence-electron chi connectivity index (χ2n) is 5.03. The van der Waals surface area contributed by atoms with Crippen molar-refractivity contribution in [3.63, 3.8) is 0 Å². The van der Waals surface area contributed by atoms with E-state index >= 15 is 0 Å². The van der Waals surface area contributed by atoms with Crippen LogP contribution in [0.25, 0.3) is 0 Å². The monoisotopic (exact) mass is 257 g/mol. The van der Waals surface area contributed by atoms with E-state index in [-0.39, 0.29) is 18.4 Å². The molecule has 1 aliphatic carbocycles. The molecule has 0 saturated carbocycles. The van der Waals surface area contributed by atoms with Gasteiger partial charge in [-0.15, -0.1) is 0 Å². The van der Waals surface area contributed by atoms with Crippen LogP contribution in [-0.4, -0.2) is 27.9 Å². The summed E-state index contributed by atoms with van der Waals surface area (Å²) in [5, 5.41) is 9.86. The van der Waals surface area contributed by atoms with Gasteiger partial charge in [-0.05, 0) is 12.0 Å². The fraction of sp³-hybridized carbons (Fsp3) is 0.333. The van der Waals surface area contributed by atoms with Crippen molar-refractivity contribution in [2.75, 3.05) is 0 Å². The molecule has 1 saturated heterocycles. The number of aliphatic hydroxyl groups excluding tert-OH is 1. The van der Waals surface area contributed by atoms with E-state index in [1.807, 2.05) is 30.3 Å². The van der Waals surface area contributed by atoms with Crippen LogP contribution in [0.5, 0.6) is 0 Å². The lowest BCUT2D eigenvalue weighted by molar-refractivity contribution is -0.141. The number of fused-ring (bicyclic) bond motifs is 1. The maximum atomic E-state index is 12.3. The number of aliphatic hydroxyl groups is 1. The highest BCUT2D eigenvalue weighted by molar-refractivity contribution is 6.05. The van der Waals surface area contributed by atoms with E-state index in [9.17, 15) is 14.7 Å². The maximum absolute atomic E-state index is 12.3. The van der Waals surface area contributed by atoms with E-state index in [1.165, 1.54) is 4.90 Å². The maximum Gasteiger partial charge on any atom is 0.236 e. The predicted molar refractivity (Wildman–Crippen MR) is 68.7 cm³/mol. The number of nitrogens with zero attached hydrogens (tertiary/aromatic N) is 1. The molecular weight excluding hydrogens is 242 g/mol. The van der Waals surface area contributed by atoms with Crippen molar-refractivity contribution < 1.29 is 14.7 Å². The first-order chi connectivity index (χ1) is 9.18. The van der Waals surface area contributed by atoms with Crippen LogP contribution in [0.1, 0.15) is 12.0 Å². The van der Waals surface area contributed by atoms with Crippen LogP contribution >= 0.6 is 0 Å². The fourth-order valence-electron chi connectivity index (χ4n) is 2.85. The third-order valence-electron chi connectivity index (χ3n) is 3.84. The Labute approximate surface area is 111 Å². The van der Waals surface area contributed by atoms with Gasteiger partial charge in [0.15, 0.2) is 0 Å². The van der Waals surface area contributed by atoms with E-state index in [0.29, 0.717) is 6.42 Å². The van der Waals surface area contributed by atoms with E-state index < -0.39 is 17.9 Å². The van der Waals surface area contributed by atoms with Crippen LogP contribution in [0.3, 0.4) is 0 Å². The Hall–Kier alpha value is -1.94. The van der Waals surface area contributed by atoms with Crippen molar-refractivity contribution in [1.29, 1.82) is 0 Å². The second-order valence-corrected chi connectivity index (χ2v) is 5.03. The van der Waals surface area contributed by atoms with Gasteiger partial charge in [-0.25, -0.2) is 0 Å². The molecule has 1 N–H and O–H groups in total. The number of imide groups is 1. The zero-order valence-electron chi connectivity index (χ0n) is 10.4. The molecule has 1 fully saturated rings. The normalized spacial score (nSPS) is 29.7. The number of hydrogen-bond donors (Lipinski definition) is 1. The van der Waals surface area contributed by atoms with Gasteiger partial charge in [0.2, 0.25) is 11.8 Å². The topological polar surface area (TPSA) is 57.6 Å². The Morgan fingerprint density at radius 2 is 1.89 bits per heavy atom. The van der Waals surface area contributed by atoms with Crippen molar-refractivity contribution in [2.45, 2.75) is 19.1 Å². The van der Waals surface area contributed by atoms with Gasteiger partial charge in [0.05, 0.1) is 24.5 Å². The number of carbonyl (C=O) groups excluding carboxylic acids is 2. The average molecular weight is 257 g/mol. The van der Waals surface area contributed by atoms with Gasteiger partial charge in [0.1, 0.15) is 0 Å². The number of rotatable bonds is 2. The first kappa shape index (κ1) is 12.1. The molecule has 0 unspecified atom stereocenters. The average Bonchev–Trinajstić information content (AvgIpc) is 2.66. The fourth-order valence-corrected chi connectivity index (χ4v) is 2.85. The van der Waals surface area contributed by atoms with Gasteiger partial charge < -0.3 is 5.11 Å². The summed E-state index contributed by atoms with van der Waals surface area (Å²) in [5.41, 5.74) is 0.922. The molecule has 98 valence electrons. The summed E-state index contributed by atoms with van der Waals surface area (Å²) >= 11 is 0. The van der Waals surface area contributed by atoms with Crippen molar-refractivity contribution in [3.05, 3.63) is 48.0 Å². The minimum Gasteiger partial charge on any atom is -0.388 e.